The smallest absolute Gasteiger partial charge is 0.271 e. The quantitative estimate of drug-likeness (QED) is 0.443. The van der Waals surface area contributed by atoms with Gasteiger partial charge in [-0.2, -0.15) is 0 Å². The predicted molar refractivity (Wildman–Crippen MR) is 138 cm³/mol. The zero-order chi connectivity index (χ0) is 24.9. The third-order valence-electron chi connectivity index (χ3n) is 6.45. The summed E-state index contributed by atoms with van der Waals surface area (Å²) < 4.78 is 2.00. The molecule has 6 rings (SSSR count). The first kappa shape index (κ1) is 21.7. The Morgan fingerprint density at radius 2 is 1.81 bits per heavy atom. The number of allylic oxidation sites excluding steroid dienone is 2. The summed E-state index contributed by atoms with van der Waals surface area (Å²) in [6.45, 7) is 3.88. The molecule has 0 aliphatic carbocycles. The van der Waals surface area contributed by atoms with E-state index in [2.05, 4.69) is 21.9 Å². The number of para-hydroxylation sites is 2. The number of benzene rings is 1. The number of likely N-dealkylation sites (N-methyl/N-ethyl adjacent to an activating group) is 1. The average molecular weight is 477 g/mol. The van der Waals surface area contributed by atoms with Gasteiger partial charge in [0.05, 0.1) is 28.1 Å². The van der Waals surface area contributed by atoms with E-state index in [1.165, 1.54) is 0 Å². The minimum atomic E-state index is -1.42. The maximum absolute atomic E-state index is 14.7. The number of hydrogen-bond acceptors (Lipinski definition) is 7. The standard InChI is InChI=1S/C27H24N8O/c1-4-11-22(33(2)3)27(21-15-8-10-17-29-21)24(36)35-23(19-13-7-9-16-28-19)34-20-14-6-5-12-18(20)30-25(34)31-26(35)32-27/h4-17,23H,1H2,2-3H3,(H,30,31,32)/b22-11-. The molecule has 0 spiro atoms. The predicted octanol–water partition coefficient (Wildman–Crippen LogP) is 3.52. The fourth-order valence-electron chi connectivity index (χ4n) is 4.98. The zero-order valence-electron chi connectivity index (χ0n) is 19.9. The minimum absolute atomic E-state index is 0.246. The fourth-order valence-corrected chi connectivity index (χ4v) is 4.98. The van der Waals surface area contributed by atoms with Crippen molar-refractivity contribution in [3.05, 3.63) is 109 Å². The van der Waals surface area contributed by atoms with Gasteiger partial charge in [-0.25, -0.2) is 9.98 Å². The van der Waals surface area contributed by atoms with Crippen molar-refractivity contribution >= 4 is 28.8 Å². The third-order valence-corrected chi connectivity index (χ3v) is 6.45. The SMILES string of the molecule is C=C/C=C(\N(C)C)C1(c2ccccn2)N=C2Nc3nc4ccccc4n3C(c3ccccn3)N2C1=O. The van der Waals surface area contributed by atoms with Crippen LogP contribution in [0.5, 0.6) is 0 Å². The summed E-state index contributed by atoms with van der Waals surface area (Å²) in [6.07, 6.45) is 6.26. The van der Waals surface area contributed by atoms with Gasteiger partial charge in [-0.3, -0.25) is 29.5 Å². The van der Waals surface area contributed by atoms with E-state index in [9.17, 15) is 4.79 Å². The van der Waals surface area contributed by atoms with Gasteiger partial charge in [0.15, 0.2) is 6.17 Å². The second kappa shape index (κ2) is 8.16. The Morgan fingerprint density at radius 1 is 1.06 bits per heavy atom. The molecule has 0 radical (unpaired) electrons. The number of aromatic nitrogens is 4. The Bertz CT molecular complexity index is 1540. The monoisotopic (exact) mass is 476 g/mol. The molecule has 36 heavy (non-hydrogen) atoms. The molecule has 0 fully saturated rings. The number of anilines is 1. The highest BCUT2D eigenvalue weighted by Gasteiger charge is 2.58. The van der Waals surface area contributed by atoms with Crippen molar-refractivity contribution in [3.63, 3.8) is 0 Å². The van der Waals surface area contributed by atoms with Gasteiger partial charge in [0.25, 0.3) is 5.91 Å². The second-order valence-electron chi connectivity index (χ2n) is 8.77. The van der Waals surface area contributed by atoms with Crippen LogP contribution in [0.25, 0.3) is 11.0 Å². The first-order chi connectivity index (χ1) is 17.6. The Morgan fingerprint density at radius 3 is 2.50 bits per heavy atom. The first-order valence-corrected chi connectivity index (χ1v) is 11.6. The molecule has 3 aromatic heterocycles. The van der Waals surface area contributed by atoms with Gasteiger partial charge in [0.2, 0.25) is 17.4 Å². The average Bonchev–Trinajstić information content (AvgIpc) is 3.42. The molecular formula is C27H24N8O. The molecule has 178 valence electrons. The first-order valence-electron chi connectivity index (χ1n) is 11.6. The number of amides is 1. The lowest BCUT2D eigenvalue weighted by molar-refractivity contribution is -0.133. The van der Waals surface area contributed by atoms with Gasteiger partial charge in [0.1, 0.15) is 0 Å². The molecule has 2 atom stereocenters. The van der Waals surface area contributed by atoms with E-state index in [4.69, 9.17) is 9.98 Å². The van der Waals surface area contributed by atoms with Crippen molar-refractivity contribution in [2.45, 2.75) is 11.7 Å². The number of aliphatic imine (C=N–C) groups is 1. The van der Waals surface area contributed by atoms with Crippen LogP contribution in [0.1, 0.15) is 17.6 Å². The number of rotatable bonds is 5. The van der Waals surface area contributed by atoms with E-state index in [-0.39, 0.29) is 5.91 Å². The molecule has 1 amide bonds. The van der Waals surface area contributed by atoms with Crippen LogP contribution in [-0.4, -0.2) is 55.3 Å². The number of pyridine rings is 2. The van der Waals surface area contributed by atoms with Crippen LogP contribution in [-0.2, 0) is 10.3 Å². The van der Waals surface area contributed by atoms with Gasteiger partial charge in [-0.1, -0.05) is 36.9 Å². The van der Waals surface area contributed by atoms with Crippen LogP contribution >= 0.6 is 0 Å². The summed E-state index contributed by atoms with van der Waals surface area (Å²) in [5.41, 5.74) is 2.13. The number of hydrogen-bond donors (Lipinski definition) is 1. The molecule has 1 N–H and O–H groups in total. The maximum atomic E-state index is 14.7. The van der Waals surface area contributed by atoms with Gasteiger partial charge in [-0.15, -0.1) is 0 Å². The number of carbonyl (C=O) groups is 1. The van der Waals surface area contributed by atoms with E-state index >= 15 is 0 Å². The van der Waals surface area contributed by atoms with Crippen molar-refractivity contribution in [3.8, 4) is 0 Å². The Hall–Kier alpha value is -4.79. The molecule has 4 aromatic rings. The van der Waals surface area contributed by atoms with E-state index in [1.54, 1.807) is 29.4 Å². The Labute approximate surface area is 208 Å². The molecule has 2 unspecified atom stereocenters. The lowest BCUT2D eigenvalue weighted by atomic mass is 9.89. The van der Waals surface area contributed by atoms with Crippen molar-refractivity contribution < 1.29 is 4.79 Å². The van der Waals surface area contributed by atoms with E-state index < -0.39 is 11.7 Å². The van der Waals surface area contributed by atoms with E-state index in [0.29, 0.717) is 29.0 Å². The van der Waals surface area contributed by atoms with Crippen LogP contribution in [0.2, 0.25) is 0 Å². The highest BCUT2D eigenvalue weighted by Crippen LogP contribution is 2.46. The number of carbonyl (C=O) groups excluding carboxylic acids is 1. The fraction of sp³-hybridized carbons (Fsp3) is 0.148. The summed E-state index contributed by atoms with van der Waals surface area (Å²) in [5, 5.41) is 3.32. The molecule has 9 nitrogen and oxygen atoms in total. The van der Waals surface area contributed by atoms with E-state index in [1.807, 2.05) is 84.2 Å². The molecule has 2 aliphatic rings. The normalized spacial score (nSPS) is 21.0. The summed E-state index contributed by atoms with van der Waals surface area (Å²) in [6, 6.07) is 19.0. The summed E-state index contributed by atoms with van der Waals surface area (Å²) >= 11 is 0. The van der Waals surface area contributed by atoms with Gasteiger partial charge in [0, 0.05) is 26.5 Å². The molecule has 0 saturated carbocycles. The van der Waals surface area contributed by atoms with Crippen molar-refractivity contribution in [1.82, 2.24) is 29.3 Å². The highest BCUT2D eigenvalue weighted by molar-refractivity contribution is 6.15. The molecular weight excluding hydrogens is 452 g/mol. The van der Waals surface area contributed by atoms with Gasteiger partial charge >= 0.3 is 0 Å². The molecule has 0 bridgehead atoms. The van der Waals surface area contributed by atoms with Crippen LogP contribution in [0.15, 0.2) is 102 Å². The topological polar surface area (TPSA) is 91.5 Å². The third kappa shape index (κ3) is 2.99. The summed E-state index contributed by atoms with van der Waals surface area (Å²) in [4.78, 5) is 37.3. The minimum Gasteiger partial charge on any atom is -0.378 e. The van der Waals surface area contributed by atoms with Crippen LogP contribution in [0.3, 0.4) is 0 Å². The zero-order valence-corrected chi connectivity index (χ0v) is 19.9. The Balaban J connectivity index is 1.64. The highest BCUT2D eigenvalue weighted by atomic mass is 16.2. The number of nitrogens with one attached hydrogen (secondary N) is 1. The number of imidazole rings is 1. The van der Waals surface area contributed by atoms with Crippen LogP contribution < -0.4 is 5.32 Å². The number of nitrogens with zero attached hydrogens (tertiary/aromatic N) is 7. The molecule has 5 heterocycles. The van der Waals surface area contributed by atoms with Crippen molar-refractivity contribution in [2.24, 2.45) is 4.99 Å². The molecule has 9 heteroatoms. The molecule has 1 aromatic carbocycles. The molecule has 2 aliphatic heterocycles. The summed E-state index contributed by atoms with van der Waals surface area (Å²) in [7, 11) is 3.76. The van der Waals surface area contributed by atoms with Crippen molar-refractivity contribution in [1.29, 1.82) is 0 Å². The van der Waals surface area contributed by atoms with Gasteiger partial charge < -0.3 is 4.90 Å². The van der Waals surface area contributed by atoms with Gasteiger partial charge in [-0.05, 0) is 42.5 Å². The summed E-state index contributed by atoms with van der Waals surface area (Å²) in [5.74, 6) is 0.732. The van der Waals surface area contributed by atoms with Crippen LogP contribution in [0, 0.1) is 0 Å². The second-order valence-corrected chi connectivity index (χ2v) is 8.77. The van der Waals surface area contributed by atoms with E-state index in [0.717, 1.165) is 11.0 Å². The number of guanidine groups is 1. The number of fused-ring (bicyclic) bond motifs is 4. The lowest BCUT2D eigenvalue weighted by Crippen LogP contribution is -2.51. The molecule has 0 saturated heterocycles. The van der Waals surface area contributed by atoms with Crippen molar-refractivity contribution in [2.75, 3.05) is 19.4 Å². The maximum Gasteiger partial charge on any atom is 0.271 e. The Kier molecular flexibility index (Phi) is 4.92. The van der Waals surface area contributed by atoms with Crippen LogP contribution in [0.4, 0.5) is 5.95 Å². The largest absolute Gasteiger partial charge is 0.378 e. The lowest BCUT2D eigenvalue weighted by Gasteiger charge is -2.37.